The third-order valence-corrected chi connectivity index (χ3v) is 4.46. The molecule has 0 radical (unpaired) electrons. The molecule has 0 aliphatic carbocycles. The quantitative estimate of drug-likeness (QED) is 0.579. The lowest BCUT2D eigenvalue weighted by Crippen LogP contribution is -2.15. The highest BCUT2D eigenvalue weighted by Crippen LogP contribution is 2.25. The summed E-state index contributed by atoms with van der Waals surface area (Å²) in [5, 5.41) is 13.5. The van der Waals surface area contributed by atoms with E-state index in [-0.39, 0.29) is 22.6 Å². The summed E-state index contributed by atoms with van der Waals surface area (Å²) in [4.78, 5) is 23.2. The number of hydrogen-bond acceptors (Lipinski definition) is 6. The maximum Gasteiger partial charge on any atom is 0.277 e. The van der Waals surface area contributed by atoms with Crippen molar-refractivity contribution in [2.24, 2.45) is 0 Å². The molecule has 0 saturated carbocycles. The Morgan fingerprint density at radius 3 is 2.61 bits per heavy atom. The summed E-state index contributed by atoms with van der Waals surface area (Å²) in [5.41, 5.74) is 1.04. The molecule has 0 fully saturated rings. The fraction of sp³-hybridized carbons (Fsp3) is 0.111. The number of aromatic nitrogens is 2. The van der Waals surface area contributed by atoms with Crippen LogP contribution in [-0.2, 0) is 9.59 Å². The van der Waals surface area contributed by atoms with Gasteiger partial charge in [-0.05, 0) is 42.5 Å². The zero-order valence-corrected chi connectivity index (χ0v) is 16.1. The van der Waals surface area contributed by atoms with Crippen molar-refractivity contribution >= 4 is 46.6 Å². The van der Waals surface area contributed by atoms with E-state index in [4.69, 9.17) is 16.0 Å². The minimum atomic E-state index is -0.615. The van der Waals surface area contributed by atoms with Crippen molar-refractivity contribution in [1.82, 2.24) is 10.2 Å². The van der Waals surface area contributed by atoms with E-state index < -0.39 is 11.7 Å². The Labute approximate surface area is 168 Å². The van der Waals surface area contributed by atoms with Gasteiger partial charge in [0.1, 0.15) is 5.82 Å². The van der Waals surface area contributed by atoms with Gasteiger partial charge in [-0.15, -0.1) is 10.2 Å². The van der Waals surface area contributed by atoms with Gasteiger partial charge in [0, 0.05) is 23.2 Å². The van der Waals surface area contributed by atoms with Crippen LogP contribution in [0.2, 0.25) is 5.02 Å². The molecule has 2 N–H and O–H groups in total. The van der Waals surface area contributed by atoms with Crippen LogP contribution in [0.4, 0.5) is 15.8 Å². The van der Waals surface area contributed by atoms with Gasteiger partial charge in [0.2, 0.25) is 17.7 Å². The van der Waals surface area contributed by atoms with Crippen LogP contribution in [0.1, 0.15) is 6.92 Å². The molecule has 0 aliphatic heterocycles. The van der Waals surface area contributed by atoms with Gasteiger partial charge in [0.25, 0.3) is 5.22 Å². The van der Waals surface area contributed by atoms with E-state index >= 15 is 0 Å². The topological polar surface area (TPSA) is 97.1 Å². The van der Waals surface area contributed by atoms with Crippen LogP contribution in [0.3, 0.4) is 0 Å². The summed E-state index contributed by atoms with van der Waals surface area (Å²) in [6.07, 6.45) is 0. The minimum Gasteiger partial charge on any atom is -0.411 e. The van der Waals surface area contributed by atoms with Crippen molar-refractivity contribution in [3.8, 4) is 11.5 Å². The third-order valence-electron chi connectivity index (χ3n) is 3.39. The summed E-state index contributed by atoms with van der Waals surface area (Å²) < 4.78 is 19.4. The predicted octanol–water partition coefficient (Wildman–Crippen LogP) is 4.22. The SMILES string of the molecule is CC(=O)Nc1ccc(F)c(NC(=O)CSc2nnc(-c3ccc(Cl)cc3)o2)c1. The van der Waals surface area contributed by atoms with Gasteiger partial charge in [-0.3, -0.25) is 9.59 Å². The van der Waals surface area contributed by atoms with Gasteiger partial charge in [-0.2, -0.15) is 0 Å². The number of hydrogen-bond donors (Lipinski definition) is 2. The fourth-order valence-electron chi connectivity index (χ4n) is 2.19. The Balaban J connectivity index is 1.59. The minimum absolute atomic E-state index is 0.0377. The molecule has 3 aromatic rings. The van der Waals surface area contributed by atoms with E-state index in [1.807, 2.05) is 0 Å². The molecule has 28 heavy (non-hydrogen) atoms. The maximum atomic E-state index is 13.9. The number of amides is 2. The summed E-state index contributed by atoms with van der Waals surface area (Å²) in [6, 6.07) is 10.8. The molecule has 1 heterocycles. The van der Waals surface area contributed by atoms with Gasteiger partial charge in [0.15, 0.2) is 0 Å². The second-order valence-electron chi connectivity index (χ2n) is 5.59. The van der Waals surface area contributed by atoms with Crippen LogP contribution >= 0.6 is 23.4 Å². The first-order valence-corrected chi connectivity index (χ1v) is 9.36. The maximum absolute atomic E-state index is 13.9. The smallest absolute Gasteiger partial charge is 0.277 e. The van der Waals surface area contributed by atoms with E-state index in [0.29, 0.717) is 22.2 Å². The lowest BCUT2D eigenvalue weighted by atomic mass is 10.2. The zero-order valence-electron chi connectivity index (χ0n) is 14.5. The molecular weight excluding hydrogens is 407 g/mol. The number of rotatable bonds is 6. The van der Waals surface area contributed by atoms with Gasteiger partial charge >= 0.3 is 0 Å². The van der Waals surface area contributed by atoms with Crippen LogP contribution in [0.15, 0.2) is 52.1 Å². The van der Waals surface area contributed by atoms with Gasteiger partial charge in [-0.1, -0.05) is 23.4 Å². The Morgan fingerprint density at radius 1 is 1.14 bits per heavy atom. The largest absolute Gasteiger partial charge is 0.411 e. The standard InChI is InChI=1S/C18H14ClFN4O3S/c1-10(25)21-13-6-7-14(20)15(8-13)22-16(26)9-28-18-24-23-17(27-18)11-2-4-12(19)5-3-11/h2-8H,9H2,1H3,(H,21,25)(H,22,26). The number of benzene rings is 2. The molecule has 0 saturated heterocycles. The molecule has 1 aromatic heterocycles. The highest BCUT2D eigenvalue weighted by Gasteiger charge is 2.13. The van der Waals surface area contributed by atoms with Gasteiger partial charge in [-0.25, -0.2) is 4.39 Å². The number of carbonyl (C=O) groups is 2. The Kier molecular flexibility index (Phi) is 6.27. The number of anilines is 2. The first-order valence-electron chi connectivity index (χ1n) is 8.00. The molecule has 0 bridgehead atoms. The van der Waals surface area contributed by atoms with E-state index in [2.05, 4.69) is 20.8 Å². The first-order chi connectivity index (χ1) is 13.4. The van der Waals surface area contributed by atoms with Crippen molar-refractivity contribution in [2.75, 3.05) is 16.4 Å². The lowest BCUT2D eigenvalue weighted by molar-refractivity contribution is -0.114. The highest BCUT2D eigenvalue weighted by molar-refractivity contribution is 7.99. The zero-order chi connectivity index (χ0) is 20.1. The molecule has 0 spiro atoms. The van der Waals surface area contributed by atoms with E-state index in [1.54, 1.807) is 24.3 Å². The highest BCUT2D eigenvalue weighted by atomic mass is 35.5. The van der Waals surface area contributed by atoms with Crippen molar-refractivity contribution in [1.29, 1.82) is 0 Å². The molecule has 2 aromatic carbocycles. The Hall–Kier alpha value is -2.91. The summed E-state index contributed by atoms with van der Waals surface area (Å²) in [5.74, 6) is -1.14. The van der Waals surface area contributed by atoms with Crippen LogP contribution < -0.4 is 10.6 Å². The molecular formula is C18H14ClFN4O3S. The van der Waals surface area contributed by atoms with Crippen molar-refractivity contribution in [2.45, 2.75) is 12.1 Å². The number of thioether (sulfide) groups is 1. The van der Waals surface area contributed by atoms with Gasteiger partial charge < -0.3 is 15.1 Å². The van der Waals surface area contributed by atoms with Crippen LogP contribution in [0.5, 0.6) is 0 Å². The lowest BCUT2D eigenvalue weighted by Gasteiger charge is -2.08. The monoisotopic (exact) mass is 420 g/mol. The third kappa shape index (κ3) is 5.30. The fourth-order valence-corrected chi connectivity index (χ4v) is 2.88. The molecule has 10 heteroatoms. The van der Waals surface area contributed by atoms with E-state index in [1.165, 1.54) is 19.1 Å². The second kappa shape index (κ2) is 8.85. The van der Waals surface area contributed by atoms with Crippen molar-refractivity contribution in [3.63, 3.8) is 0 Å². The summed E-state index contributed by atoms with van der Waals surface area (Å²) >= 11 is 6.86. The molecule has 144 valence electrons. The number of nitrogens with one attached hydrogen (secondary N) is 2. The number of halogens is 2. The van der Waals surface area contributed by atoms with Crippen LogP contribution in [0, 0.1) is 5.82 Å². The second-order valence-corrected chi connectivity index (χ2v) is 6.96. The van der Waals surface area contributed by atoms with Crippen LogP contribution in [-0.4, -0.2) is 27.8 Å². The molecule has 0 unspecified atom stereocenters. The molecule has 0 atom stereocenters. The van der Waals surface area contributed by atoms with Crippen molar-refractivity contribution in [3.05, 3.63) is 53.3 Å². The number of carbonyl (C=O) groups excluding carboxylic acids is 2. The summed E-state index contributed by atoms with van der Waals surface area (Å²) in [7, 11) is 0. The summed E-state index contributed by atoms with van der Waals surface area (Å²) in [6.45, 7) is 1.33. The first kappa shape index (κ1) is 19.8. The molecule has 0 aliphatic rings. The molecule has 3 rings (SSSR count). The molecule has 7 nitrogen and oxygen atoms in total. The normalized spacial score (nSPS) is 10.5. The van der Waals surface area contributed by atoms with Gasteiger partial charge in [0.05, 0.1) is 11.4 Å². The van der Waals surface area contributed by atoms with Crippen molar-refractivity contribution < 1.29 is 18.4 Å². The molecule has 2 amide bonds. The Bertz CT molecular complexity index is 1010. The average molecular weight is 421 g/mol. The number of nitrogens with zero attached hydrogens (tertiary/aromatic N) is 2. The average Bonchev–Trinajstić information content (AvgIpc) is 3.12. The Morgan fingerprint density at radius 2 is 1.89 bits per heavy atom. The predicted molar refractivity (Wildman–Crippen MR) is 105 cm³/mol. The van der Waals surface area contributed by atoms with E-state index in [9.17, 15) is 14.0 Å². The van der Waals surface area contributed by atoms with E-state index in [0.717, 1.165) is 17.8 Å². The van der Waals surface area contributed by atoms with Crippen LogP contribution in [0.25, 0.3) is 11.5 Å².